The molecule has 1 saturated carbocycles. The number of rotatable bonds is 6. The molecule has 0 bridgehead atoms. The van der Waals surface area contributed by atoms with Gasteiger partial charge in [0, 0.05) is 19.2 Å². The molecule has 1 aliphatic carbocycles. The van der Waals surface area contributed by atoms with Crippen molar-refractivity contribution in [3.63, 3.8) is 0 Å². The number of carbonyl (C=O) groups excluding carboxylic acids is 1. The van der Waals surface area contributed by atoms with Crippen molar-refractivity contribution in [2.45, 2.75) is 71.1 Å². The molecule has 0 atom stereocenters. The molecule has 2 aromatic heterocycles. The summed E-state index contributed by atoms with van der Waals surface area (Å²) in [7, 11) is 1.75. The third kappa shape index (κ3) is 6.10. The van der Waals surface area contributed by atoms with E-state index in [1.54, 1.807) is 24.9 Å². The van der Waals surface area contributed by atoms with Crippen LogP contribution in [0.3, 0.4) is 0 Å². The van der Waals surface area contributed by atoms with E-state index in [1.807, 2.05) is 20.8 Å². The molecule has 4 rings (SSSR count). The number of hydrogen-bond donors (Lipinski definition) is 2. The molecular weight excluding hydrogens is 499 g/mol. The van der Waals surface area contributed by atoms with Crippen LogP contribution in [0.2, 0.25) is 0 Å². The van der Waals surface area contributed by atoms with E-state index in [0.717, 1.165) is 24.2 Å². The maximum absolute atomic E-state index is 14.2. The molecule has 1 aromatic carbocycles. The summed E-state index contributed by atoms with van der Waals surface area (Å²) >= 11 is 1.08. The lowest BCUT2D eigenvalue weighted by Gasteiger charge is -2.35. The first-order valence-electron chi connectivity index (χ1n) is 12.1. The molecule has 2 heterocycles. The zero-order valence-electron chi connectivity index (χ0n) is 21.5. The standard InChI is InChI=1S/C26H31FN4O5S/c1-14-20-22(28-13-29-23(20)37-21(14)24(32)33)30-18-11-6-15(27)12-19(18)35-17-9-7-16(8-10-17)31(5)25(34)36-26(2,3)4/h6,11-13,16-17H,7-10H2,1-5H3,(H,32,33)(H,28,29,30). The largest absolute Gasteiger partial charge is 0.488 e. The van der Waals surface area contributed by atoms with Gasteiger partial charge >= 0.3 is 12.1 Å². The van der Waals surface area contributed by atoms with Gasteiger partial charge in [-0.1, -0.05) is 0 Å². The summed E-state index contributed by atoms with van der Waals surface area (Å²) in [6.07, 6.45) is 3.71. The second-order valence-electron chi connectivity index (χ2n) is 10.2. The fourth-order valence-electron chi connectivity index (χ4n) is 4.41. The molecule has 3 aromatic rings. The molecule has 1 amide bonds. The fourth-order valence-corrected chi connectivity index (χ4v) is 5.40. The Morgan fingerprint density at radius 3 is 2.54 bits per heavy atom. The molecule has 0 spiro atoms. The van der Waals surface area contributed by atoms with E-state index in [2.05, 4.69) is 15.3 Å². The van der Waals surface area contributed by atoms with Crippen LogP contribution in [-0.2, 0) is 4.74 Å². The highest BCUT2D eigenvalue weighted by Crippen LogP contribution is 2.37. The first-order valence-corrected chi connectivity index (χ1v) is 12.9. The van der Waals surface area contributed by atoms with Crippen molar-refractivity contribution in [3.8, 4) is 5.75 Å². The third-order valence-corrected chi connectivity index (χ3v) is 7.47. The van der Waals surface area contributed by atoms with E-state index in [4.69, 9.17) is 9.47 Å². The van der Waals surface area contributed by atoms with Gasteiger partial charge in [-0.15, -0.1) is 11.3 Å². The minimum Gasteiger partial charge on any atom is -0.488 e. The SMILES string of the molecule is Cc1c(C(=O)O)sc2ncnc(Nc3ccc(F)cc3OC3CCC(N(C)C(=O)OC(C)(C)C)CC3)c12. The van der Waals surface area contributed by atoms with Crippen molar-refractivity contribution in [2.75, 3.05) is 12.4 Å². The highest BCUT2D eigenvalue weighted by atomic mass is 32.1. The number of carbonyl (C=O) groups is 2. The van der Waals surface area contributed by atoms with Crippen LogP contribution in [0.1, 0.15) is 61.7 Å². The number of carboxylic acid groups (broad SMARTS) is 1. The third-order valence-electron chi connectivity index (χ3n) is 6.28. The predicted octanol–water partition coefficient (Wildman–Crippen LogP) is 6.14. The number of aromatic nitrogens is 2. The summed E-state index contributed by atoms with van der Waals surface area (Å²) in [5.74, 6) is -0.704. The highest BCUT2D eigenvalue weighted by molar-refractivity contribution is 7.20. The van der Waals surface area contributed by atoms with Crippen LogP contribution in [0.25, 0.3) is 10.2 Å². The number of fused-ring (bicyclic) bond motifs is 1. The van der Waals surface area contributed by atoms with Crippen LogP contribution < -0.4 is 10.1 Å². The number of halogens is 1. The van der Waals surface area contributed by atoms with Crippen LogP contribution in [0.15, 0.2) is 24.5 Å². The summed E-state index contributed by atoms with van der Waals surface area (Å²) in [5.41, 5.74) is 0.516. The Bertz CT molecular complexity index is 1310. The van der Waals surface area contributed by atoms with E-state index in [-0.39, 0.29) is 23.1 Å². The average Bonchev–Trinajstić information content (AvgIpc) is 3.17. The lowest BCUT2D eigenvalue weighted by molar-refractivity contribution is 0.0139. The van der Waals surface area contributed by atoms with Gasteiger partial charge in [0.15, 0.2) is 0 Å². The molecular formula is C26H31FN4O5S. The molecule has 9 nitrogen and oxygen atoms in total. The van der Waals surface area contributed by atoms with E-state index in [1.165, 1.54) is 18.5 Å². The number of benzene rings is 1. The summed E-state index contributed by atoms with van der Waals surface area (Å²) in [6, 6.07) is 4.26. The van der Waals surface area contributed by atoms with E-state index in [9.17, 15) is 19.1 Å². The maximum atomic E-state index is 14.2. The molecule has 11 heteroatoms. The van der Waals surface area contributed by atoms with Crippen LogP contribution in [0.4, 0.5) is 20.7 Å². The Balaban J connectivity index is 1.48. The fraction of sp³-hybridized carbons (Fsp3) is 0.462. The number of ether oxygens (including phenoxy) is 2. The zero-order valence-corrected chi connectivity index (χ0v) is 22.3. The highest BCUT2D eigenvalue weighted by Gasteiger charge is 2.30. The van der Waals surface area contributed by atoms with Gasteiger partial charge in [-0.05, 0) is 71.1 Å². The van der Waals surface area contributed by atoms with Crippen molar-refractivity contribution in [1.82, 2.24) is 14.9 Å². The lowest BCUT2D eigenvalue weighted by atomic mass is 9.92. The molecule has 0 aliphatic heterocycles. The van der Waals surface area contributed by atoms with Gasteiger partial charge < -0.3 is 24.8 Å². The van der Waals surface area contributed by atoms with Crippen molar-refractivity contribution < 1.29 is 28.6 Å². The molecule has 2 N–H and O–H groups in total. The molecule has 198 valence electrons. The Morgan fingerprint density at radius 2 is 1.89 bits per heavy atom. The normalized spacial score (nSPS) is 17.9. The Kier molecular flexibility index (Phi) is 7.54. The second-order valence-corrected chi connectivity index (χ2v) is 11.2. The van der Waals surface area contributed by atoms with Gasteiger partial charge in [0.05, 0.1) is 17.2 Å². The summed E-state index contributed by atoms with van der Waals surface area (Å²) in [5, 5.41) is 13.3. The quantitative estimate of drug-likeness (QED) is 0.391. The summed E-state index contributed by atoms with van der Waals surface area (Å²) in [4.78, 5) is 34.9. The second kappa shape index (κ2) is 10.5. The van der Waals surface area contributed by atoms with E-state index >= 15 is 0 Å². The molecule has 1 fully saturated rings. The Morgan fingerprint density at radius 1 is 1.19 bits per heavy atom. The number of aryl methyl sites for hydroxylation is 1. The number of amides is 1. The molecule has 0 radical (unpaired) electrons. The van der Waals surface area contributed by atoms with E-state index < -0.39 is 17.4 Å². The lowest BCUT2D eigenvalue weighted by Crippen LogP contribution is -2.43. The van der Waals surface area contributed by atoms with E-state index in [0.29, 0.717) is 45.9 Å². The van der Waals surface area contributed by atoms with Gasteiger partial charge in [0.1, 0.15) is 39.0 Å². The summed E-state index contributed by atoms with van der Waals surface area (Å²) in [6.45, 7) is 7.23. The maximum Gasteiger partial charge on any atom is 0.410 e. The van der Waals surface area contributed by atoms with Crippen molar-refractivity contribution in [2.24, 2.45) is 0 Å². The number of nitrogens with one attached hydrogen (secondary N) is 1. The van der Waals surface area contributed by atoms with Gasteiger partial charge in [0.2, 0.25) is 0 Å². The number of aromatic carboxylic acids is 1. The summed E-state index contributed by atoms with van der Waals surface area (Å²) < 4.78 is 25.9. The first-order chi connectivity index (χ1) is 17.4. The van der Waals surface area contributed by atoms with Crippen molar-refractivity contribution >= 4 is 45.1 Å². The number of hydrogen-bond acceptors (Lipinski definition) is 8. The number of thiophene rings is 1. The average molecular weight is 531 g/mol. The van der Waals surface area contributed by atoms with Crippen LogP contribution >= 0.6 is 11.3 Å². The van der Waals surface area contributed by atoms with Gasteiger partial charge in [0.25, 0.3) is 0 Å². The Hall–Kier alpha value is -3.47. The first kappa shape index (κ1) is 26.6. The zero-order chi connectivity index (χ0) is 26.9. The van der Waals surface area contributed by atoms with Gasteiger partial charge in [-0.25, -0.2) is 23.9 Å². The minimum atomic E-state index is -1.02. The Labute approximate surface area is 218 Å². The molecule has 0 unspecified atom stereocenters. The monoisotopic (exact) mass is 530 g/mol. The number of nitrogens with zero attached hydrogens (tertiary/aromatic N) is 3. The van der Waals surface area contributed by atoms with Crippen molar-refractivity contribution in [3.05, 3.63) is 40.8 Å². The van der Waals surface area contributed by atoms with Crippen molar-refractivity contribution in [1.29, 1.82) is 0 Å². The van der Waals surface area contributed by atoms with Gasteiger partial charge in [-0.3, -0.25) is 0 Å². The van der Waals surface area contributed by atoms with Crippen LogP contribution in [-0.4, -0.2) is 56.8 Å². The molecule has 37 heavy (non-hydrogen) atoms. The molecule has 1 aliphatic rings. The van der Waals surface area contributed by atoms with Gasteiger partial charge in [-0.2, -0.15) is 0 Å². The minimum absolute atomic E-state index is 0.0408. The number of anilines is 2. The smallest absolute Gasteiger partial charge is 0.410 e. The van der Waals surface area contributed by atoms with Crippen LogP contribution in [0.5, 0.6) is 5.75 Å². The topological polar surface area (TPSA) is 114 Å². The molecule has 0 saturated heterocycles. The predicted molar refractivity (Wildman–Crippen MR) is 139 cm³/mol. The van der Waals surface area contributed by atoms with Crippen LogP contribution in [0, 0.1) is 12.7 Å². The number of carboxylic acids is 1.